The molecule has 6 heteroatoms. The summed E-state index contributed by atoms with van der Waals surface area (Å²) in [6, 6.07) is 0. The molecule has 1 saturated heterocycles. The molecular formula is C7H14ClO4P. The molecular weight excluding hydrogens is 214 g/mol. The zero-order valence-electron chi connectivity index (χ0n) is 7.95. The Labute approximate surface area is 83.0 Å². The van der Waals surface area contributed by atoms with E-state index in [0.29, 0.717) is 13.2 Å². The van der Waals surface area contributed by atoms with E-state index in [1.165, 1.54) is 0 Å². The van der Waals surface area contributed by atoms with E-state index in [1.54, 1.807) is 20.8 Å². The van der Waals surface area contributed by atoms with E-state index in [-0.39, 0.29) is 6.10 Å². The number of epoxide rings is 1. The minimum atomic E-state index is -3.30. The maximum atomic E-state index is 12.0. The Morgan fingerprint density at radius 3 is 2.08 bits per heavy atom. The fourth-order valence-electron chi connectivity index (χ4n) is 1.05. The van der Waals surface area contributed by atoms with Crippen molar-refractivity contribution in [3.63, 3.8) is 0 Å². The molecule has 1 rings (SSSR count). The maximum absolute atomic E-state index is 12.0. The SMILES string of the molecule is CCOP(=O)(OCC)[C@]1(Cl)O[C@H]1C. The molecule has 0 N–H and O–H groups in total. The van der Waals surface area contributed by atoms with E-state index in [2.05, 4.69) is 0 Å². The van der Waals surface area contributed by atoms with Crippen molar-refractivity contribution in [2.45, 2.75) is 31.7 Å². The van der Waals surface area contributed by atoms with Crippen molar-refractivity contribution >= 4 is 19.2 Å². The van der Waals surface area contributed by atoms with Gasteiger partial charge in [0.15, 0.2) is 0 Å². The van der Waals surface area contributed by atoms with Gasteiger partial charge in [-0.2, -0.15) is 0 Å². The van der Waals surface area contributed by atoms with E-state index in [4.69, 9.17) is 25.4 Å². The monoisotopic (exact) mass is 228 g/mol. The highest BCUT2D eigenvalue weighted by Crippen LogP contribution is 2.71. The van der Waals surface area contributed by atoms with Gasteiger partial charge in [0, 0.05) is 0 Å². The van der Waals surface area contributed by atoms with Gasteiger partial charge in [-0.25, -0.2) is 0 Å². The predicted octanol–water partition coefficient (Wildman–Crippen LogP) is 2.56. The van der Waals surface area contributed by atoms with Gasteiger partial charge < -0.3 is 13.8 Å². The van der Waals surface area contributed by atoms with E-state index in [9.17, 15) is 4.57 Å². The van der Waals surface area contributed by atoms with Gasteiger partial charge in [-0.3, -0.25) is 4.57 Å². The number of ether oxygens (including phenoxy) is 1. The van der Waals surface area contributed by atoms with Crippen LogP contribution in [0.15, 0.2) is 0 Å². The third-order valence-corrected chi connectivity index (χ3v) is 5.19. The van der Waals surface area contributed by atoms with Crippen molar-refractivity contribution in [2.24, 2.45) is 0 Å². The molecule has 0 aromatic heterocycles. The van der Waals surface area contributed by atoms with Crippen molar-refractivity contribution < 1.29 is 18.3 Å². The van der Waals surface area contributed by atoms with Crippen molar-refractivity contribution in [3.8, 4) is 0 Å². The Hall–Kier alpha value is 0.400. The number of halogens is 1. The Morgan fingerprint density at radius 1 is 1.46 bits per heavy atom. The molecule has 0 aromatic rings. The summed E-state index contributed by atoms with van der Waals surface area (Å²) in [5.74, 6) is 0. The second-order valence-electron chi connectivity index (χ2n) is 2.70. The van der Waals surface area contributed by atoms with Gasteiger partial charge >= 0.3 is 7.60 Å². The maximum Gasteiger partial charge on any atom is 0.380 e. The van der Waals surface area contributed by atoms with Gasteiger partial charge in [0.1, 0.15) is 6.10 Å². The molecule has 0 unspecified atom stereocenters. The van der Waals surface area contributed by atoms with Crippen LogP contribution in [-0.2, 0) is 18.3 Å². The average Bonchev–Trinajstić information content (AvgIpc) is 2.62. The third kappa shape index (κ3) is 1.92. The quantitative estimate of drug-likeness (QED) is 0.412. The van der Waals surface area contributed by atoms with Crippen LogP contribution in [0.1, 0.15) is 20.8 Å². The molecule has 0 spiro atoms. The minimum absolute atomic E-state index is 0.280. The van der Waals surface area contributed by atoms with Gasteiger partial charge in [-0.1, -0.05) is 11.6 Å². The highest BCUT2D eigenvalue weighted by atomic mass is 35.5. The average molecular weight is 229 g/mol. The molecule has 1 aliphatic heterocycles. The first kappa shape index (κ1) is 11.5. The molecule has 0 bridgehead atoms. The number of hydrogen-bond donors (Lipinski definition) is 0. The first-order chi connectivity index (χ1) is 6.00. The van der Waals surface area contributed by atoms with Crippen LogP contribution < -0.4 is 0 Å². The van der Waals surface area contributed by atoms with Crippen LogP contribution in [0.3, 0.4) is 0 Å². The van der Waals surface area contributed by atoms with Gasteiger partial charge in [0.2, 0.25) is 0 Å². The molecule has 0 aromatic carbocycles. The highest BCUT2D eigenvalue weighted by Gasteiger charge is 2.68. The summed E-state index contributed by atoms with van der Waals surface area (Å²) in [5.41, 5.74) is 0. The molecule has 2 atom stereocenters. The smallest absolute Gasteiger partial charge is 0.339 e. The topological polar surface area (TPSA) is 48.1 Å². The van der Waals surface area contributed by atoms with Crippen LogP contribution in [0, 0.1) is 0 Å². The molecule has 0 saturated carbocycles. The summed E-state index contributed by atoms with van der Waals surface area (Å²) in [4.78, 5) is -1.25. The van der Waals surface area contributed by atoms with Crippen LogP contribution in [0.25, 0.3) is 0 Å². The first-order valence-corrected chi connectivity index (χ1v) is 6.18. The predicted molar refractivity (Wildman–Crippen MR) is 50.0 cm³/mol. The normalized spacial score (nSPS) is 33.4. The van der Waals surface area contributed by atoms with Crippen LogP contribution in [-0.4, -0.2) is 24.1 Å². The molecule has 1 heterocycles. The van der Waals surface area contributed by atoms with E-state index in [1.807, 2.05) is 0 Å². The number of alkyl halides is 1. The lowest BCUT2D eigenvalue weighted by Gasteiger charge is -2.18. The fraction of sp³-hybridized carbons (Fsp3) is 1.00. The molecule has 1 fully saturated rings. The lowest BCUT2D eigenvalue weighted by Crippen LogP contribution is -2.11. The van der Waals surface area contributed by atoms with Gasteiger partial charge in [-0.15, -0.1) is 0 Å². The zero-order chi connectivity index (χ0) is 10.1. The van der Waals surface area contributed by atoms with Crippen LogP contribution in [0.2, 0.25) is 0 Å². The standard InChI is InChI=1S/C7H14ClO4P/c1-4-10-13(9,11-5-2)7(8)6(3)12-7/h6H,4-5H2,1-3H3/t6-,7+/m0/s1. The Balaban J connectivity index is 2.73. The van der Waals surface area contributed by atoms with Gasteiger partial charge in [0.25, 0.3) is 4.80 Å². The summed E-state index contributed by atoms with van der Waals surface area (Å²) < 4.78 is 27.1. The lowest BCUT2D eigenvalue weighted by molar-refractivity contribution is 0.202. The number of rotatable bonds is 5. The molecule has 0 amide bonds. The molecule has 0 radical (unpaired) electrons. The van der Waals surface area contributed by atoms with Crippen molar-refractivity contribution in [3.05, 3.63) is 0 Å². The number of hydrogen-bond acceptors (Lipinski definition) is 4. The van der Waals surface area contributed by atoms with Crippen molar-refractivity contribution in [1.82, 2.24) is 0 Å². The van der Waals surface area contributed by atoms with Crippen LogP contribution >= 0.6 is 19.2 Å². The van der Waals surface area contributed by atoms with Crippen LogP contribution in [0.5, 0.6) is 0 Å². The zero-order valence-corrected chi connectivity index (χ0v) is 9.60. The van der Waals surface area contributed by atoms with Crippen molar-refractivity contribution in [2.75, 3.05) is 13.2 Å². The summed E-state index contributed by atoms with van der Waals surface area (Å²) in [7, 11) is -3.30. The molecule has 13 heavy (non-hydrogen) atoms. The lowest BCUT2D eigenvalue weighted by atomic mass is 10.6. The third-order valence-electron chi connectivity index (χ3n) is 1.76. The molecule has 0 aliphatic carbocycles. The molecule has 1 aliphatic rings. The van der Waals surface area contributed by atoms with Gasteiger partial charge in [0.05, 0.1) is 13.2 Å². The van der Waals surface area contributed by atoms with E-state index >= 15 is 0 Å². The van der Waals surface area contributed by atoms with Crippen molar-refractivity contribution in [1.29, 1.82) is 0 Å². The van der Waals surface area contributed by atoms with E-state index in [0.717, 1.165) is 0 Å². The Bertz CT molecular complexity index is 225. The van der Waals surface area contributed by atoms with Gasteiger partial charge in [-0.05, 0) is 20.8 Å². The molecule has 78 valence electrons. The first-order valence-electron chi connectivity index (χ1n) is 4.26. The second-order valence-corrected chi connectivity index (χ2v) is 5.70. The fourth-order valence-corrected chi connectivity index (χ4v) is 3.32. The summed E-state index contributed by atoms with van der Waals surface area (Å²) in [6.45, 7) is 5.79. The van der Waals surface area contributed by atoms with E-state index < -0.39 is 12.4 Å². The summed E-state index contributed by atoms with van der Waals surface area (Å²) in [6.07, 6.45) is -0.280. The minimum Gasteiger partial charge on any atom is -0.339 e. The summed E-state index contributed by atoms with van der Waals surface area (Å²) >= 11 is 5.92. The highest BCUT2D eigenvalue weighted by molar-refractivity contribution is 7.58. The summed E-state index contributed by atoms with van der Waals surface area (Å²) in [5, 5.41) is 0. The Morgan fingerprint density at radius 2 is 1.85 bits per heavy atom. The van der Waals surface area contributed by atoms with Crippen LogP contribution in [0.4, 0.5) is 0 Å². The largest absolute Gasteiger partial charge is 0.380 e. The second kappa shape index (κ2) is 3.87. The Kier molecular flexibility index (Phi) is 3.42. The molecule has 4 nitrogen and oxygen atoms in total.